The molecule has 1 heterocycles. The van der Waals surface area contributed by atoms with Crippen LogP contribution in [0.1, 0.15) is 9.11 Å². The molecule has 4 N–H and O–H groups in total. The van der Waals surface area contributed by atoms with Gasteiger partial charge in [-0.15, -0.1) is 0 Å². The molecular formula is C6H12O5. The van der Waals surface area contributed by atoms with Gasteiger partial charge in [0.1, 0.15) is 12.2 Å². The summed E-state index contributed by atoms with van der Waals surface area (Å²) in [7, 11) is 0. The molecule has 0 amide bonds. The molecule has 1 aliphatic heterocycles. The second-order valence-corrected chi connectivity index (χ2v) is 2.30. The number of aliphatic hydroxyl groups excluding tert-OH is 4. The first-order valence-corrected chi connectivity index (χ1v) is 3.21. The molecule has 0 bridgehead atoms. The van der Waals surface area contributed by atoms with E-state index in [0.717, 1.165) is 0 Å². The molecule has 11 heavy (non-hydrogen) atoms. The van der Waals surface area contributed by atoms with Gasteiger partial charge in [-0.3, -0.25) is 0 Å². The van der Waals surface area contributed by atoms with Gasteiger partial charge >= 0.3 is 0 Å². The van der Waals surface area contributed by atoms with E-state index in [0.29, 0.717) is 0 Å². The highest BCUT2D eigenvalue weighted by Gasteiger charge is 2.34. The maximum atomic E-state index is 9.25. The van der Waals surface area contributed by atoms with Crippen molar-refractivity contribution in [3.05, 3.63) is 0 Å². The zero-order valence-corrected chi connectivity index (χ0v) is 5.71. The molecule has 1 aliphatic rings. The van der Waals surface area contributed by atoms with Crippen LogP contribution in [0, 0.1) is 0 Å². The number of hydrogen-bond acceptors (Lipinski definition) is 5. The largest absolute Gasteiger partial charge is 0.394 e. The Labute approximate surface area is 66.7 Å². The van der Waals surface area contributed by atoms with Gasteiger partial charge in [-0.2, -0.15) is 0 Å². The normalized spacial score (nSPS) is 53.1. The summed E-state index contributed by atoms with van der Waals surface area (Å²) in [6.07, 6.45) is -8.80. The van der Waals surface area contributed by atoms with E-state index >= 15 is 0 Å². The Hall–Kier alpha value is -0.200. The van der Waals surface area contributed by atoms with Gasteiger partial charge in [-0.1, -0.05) is 0 Å². The molecule has 1 unspecified atom stereocenters. The molecule has 0 spiro atoms. The van der Waals surface area contributed by atoms with Crippen LogP contribution in [-0.2, 0) is 4.74 Å². The van der Waals surface area contributed by atoms with E-state index in [2.05, 4.69) is 4.74 Å². The number of hydrogen-bond donors (Lipinski definition) is 4. The lowest BCUT2D eigenvalue weighted by atomic mass is 10.2. The van der Waals surface area contributed by atoms with E-state index in [4.69, 9.17) is 18.1 Å². The summed E-state index contributed by atoms with van der Waals surface area (Å²) in [5, 5.41) is 36.0. The molecule has 0 aromatic heterocycles. The van der Waals surface area contributed by atoms with E-state index < -0.39 is 37.6 Å². The number of aliphatic hydroxyl groups is 4. The summed E-state index contributed by atoms with van der Waals surface area (Å²) >= 11 is 0. The molecule has 5 heteroatoms. The Morgan fingerprint density at radius 2 is 2.00 bits per heavy atom. The molecule has 4 atom stereocenters. The topological polar surface area (TPSA) is 90.2 Å². The summed E-state index contributed by atoms with van der Waals surface area (Å²) in [5.74, 6) is 0. The highest BCUT2D eigenvalue weighted by molar-refractivity contribution is 4.79. The minimum atomic E-state index is -2.38. The standard InChI is InChI=1S/C6H12O5/c7-2-5-3(8)1-4(9)6(10)11-5/h3-10H,1-2H2/t3-,4+,5+,6?/m0/s1/i1+1D2. The molecule has 1 saturated heterocycles. The fraction of sp³-hybridized carbons (Fsp3) is 1.00. The zero-order valence-electron chi connectivity index (χ0n) is 7.71. The van der Waals surface area contributed by atoms with Gasteiger partial charge in [0.2, 0.25) is 0 Å². The monoisotopic (exact) mass is 167 g/mol. The van der Waals surface area contributed by atoms with Gasteiger partial charge < -0.3 is 25.2 Å². The van der Waals surface area contributed by atoms with Crippen molar-refractivity contribution in [3.8, 4) is 0 Å². The van der Waals surface area contributed by atoms with E-state index in [9.17, 15) is 5.11 Å². The van der Waals surface area contributed by atoms with Crippen molar-refractivity contribution in [1.82, 2.24) is 0 Å². The molecule has 0 saturated carbocycles. The third-order valence-electron chi connectivity index (χ3n) is 1.46. The van der Waals surface area contributed by atoms with Crippen LogP contribution >= 0.6 is 0 Å². The van der Waals surface area contributed by atoms with Gasteiger partial charge in [-0.05, 0) is 0 Å². The Morgan fingerprint density at radius 3 is 2.55 bits per heavy atom. The molecule has 1 fully saturated rings. The van der Waals surface area contributed by atoms with Crippen LogP contribution in [-0.4, -0.2) is 51.6 Å². The zero-order chi connectivity index (χ0) is 10.2. The SMILES string of the molecule is [2H][13C]1([2H])[C@H](O)[C@@H](CO)OC(O)[C@@H]1O. The first-order valence-electron chi connectivity index (χ1n) is 4.21. The van der Waals surface area contributed by atoms with Crippen molar-refractivity contribution >= 4 is 0 Å². The van der Waals surface area contributed by atoms with Crippen LogP contribution in [0.4, 0.5) is 0 Å². The fourth-order valence-electron chi connectivity index (χ4n) is 0.835. The van der Waals surface area contributed by atoms with Crippen molar-refractivity contribution < 1.29 is 27.9 Å². The first kappa shape index (κ1) is 6.33. The van der Waals surface area contributed by atoms with Crippen molar-refractivity contribution in [3.63, 3.8) is 0 Å². The molecule has 0 aromatic rings. The van der Waals surface area contributed by atoms with Crippen molar-refractivity contribution in [2.75, 3.05) is 6.61 Å². The van der Waals surface area contributed by atoms with Crippen molar-refractivity contribution in [2.45, 2.75) is 31.0 Å². The van der Waals surface area contributed by atoms with Gasteiger partial charge in [0, 0.05) is 9.11 Å². The van der Waals surface area contributed by atoms with E-state index in [1.165, 1.54) is 0 Å². The van der Waals surface area contributed by atoms with Crippen LogP contribution in [0.15, 0.2) is 0 Å². The Bertz CT molecular complexity index is 188. The third kappa shape index (κ3) is 1.88. The molecule has 66 valence electrons. The molecule has 5 nitrogen and oxygen atoms in total. The molecule has 1 rings (SSSR count). The fourth-order valence-corrected chi connectivity index (χ4v) is 0.835. The predicted molar refractivity (Wildman–Crippen MR) is 34.6 cm³/mol. The molecule has 0 radical (unpaired) electrons. The summed E-state index contributed by atoms with van der Waals surface area (Å²) in [6, 6.07) is 0. The van der Waals surface area contributed by atoms with E-state index in [1.807, 2.05) is 0 Å². The third-order valence-corrected chi connectivity index (χ3v) is 1.46. The second-order valence-electron chi connectivity index (χ2n) is 2.30. The maximum absolute atomic E-state index is 9.25. The molecule has 0 aromatic carbocycles. The Kier molecular flexibility index (Phi) is 1.99. The lowest BCUT2D eigenvalue weighted by Crippen LogP contribution is -2.48. The summed E-state index contributed by atoms with van der Waals surface area (Å²) < 4.78 is 19.0. The first-order chi connectivity index (χ1) is 5.91. The highest BCUT2D eigenvalue weighted by Crippen LogP contribution is 2.18. The average Bonchev–Trinajstić information content (AvgIpc) is 2.09. The van der Waals surface area contributed by atoms with E-state index in [-0.39, 0.29) is 0 Å². The van der Waals surface area contributed by atoms with Crippen LogP contribution in [0.25, 0.3) is 0 Å². The Balaban J connectivity index is 2.82. The predicted octanol–water partition coefficient (Wildman–Crippen LogP) is -2.19. The minimum Gasteiger partial charge on any atom is -0.394 e. The number of ether oxygens (including phenoxy) is 1. The Morgan fingerprint density at radius 1 is 1.36 bits per heavy atom. The minimum absolute atomic E-state index is 0.621. The van der Waals surface area contributed by atoms with Crippen LogP contribution in [0.5, 0.6) is 0 Å². The van der Waals surface area contributed by atoms with Crippen LogP contribution in [0.2, 0.25) is 0 Å². The molecular weight excluding hydrogens is 153 g/mol. The van der Waals surface area contributed by atoms with Gasteiger partial charge in [0.15, 0.2) is 6.29 Å². The number of rotatable bonds is 1. The van der Waals surface area contributed by atoms with Gasteiger partial charge in [-0.25, -0.2) is 0 Å². The second kappa shape index (κ2) is 3.46. The average molecular weight is 167 g/mol. The summed E-state index contributed by atoms with van der Waals surface area (Å²) in [4.78, 5) is 0. The van der Waals surface area contributed by atoms with Crippen LogP contribution in [0.3, 0.4) is 0 Å². The lowest BCUT2D eigenvalue weighted by molar-refractivity contribution is -0.251. The van der Waals surface area contributed by atoms with Crippen molar-refractivity contribution in [1.29, 1.82) is 0 Å². The van der Waals surface area contributed by atoms with Gasteiger partial charge in [0.05, 0.1) is 12.7 Å². The van der Waals surface area contributed by atoms with E-state index in [1.54, 1.807) is 0 Å². The molecule has 0 aliphatic carbocycles. The quantitative estimate of drug-likeness (QED) is 0.333. The van der Waals surface area contributed by atoms with Crippen LogP contribution < -0.4 is 0 Å². The summed E-state index contributed by atoms with van der Waals surface area (Å²) in [5.41, 5.74) is 0. The smallest absolute Gasteiger partial charge is 0.181 e. The van der Waals surface area contributed by atoms with Crippen molar-refractivity contribution in [2.24, 2.45) is 0 Å². The van der Waals surface area contributed by atoms with Gasteiger partial charge in [0.25, 0.3) is 0 Å². The highest BCUT2D eigenvalue weighted by atomic mass is 16.6. The maximum Gasteiger partial charge on any atom is 0.181 e. The lowest BCUT2D eigenvalue weighted by Gasteiger charge is -2.33. The summed E-state index contributed by atoms with van der Waals surface area (Å²) in [6.45, 7) is -0.621.